The Kier molecular flexibility index (Phi) is 2.79. The highest BCUT2D eigenvalue weighted by atomic mass is 35.5. The third kappa shape index (κ3) is 2.62. The van der Waals surface area contributed by atoms with Gasteiger partial charge in [0.25, 0.3) is 0 Å². The first kappa shape index (κ1) is 9.30. The quantitative estimate of drug-likeness (QED) is 0.573. The van der Waals surface area contributed by atoms with Gasteiger partial charge in [0.05, 0.1) is 17.6 Å². The molecule has 3 heteroatoms. The summed E-state index contributed by atoms with van der Waals surface area (Å²) in [5.41, 5.74) is -0.0861. The predicted octanol–water partition coefficient (Wildman–Crippen LogP) is 2.16. The highest BCUT2D eigenvalue weighted by Gasteiger charge is 2.32. The van der Waals surface area contributed by atoms with Crippen molar-refractivity contribution < 1.29 is 9.47 Å². The summed E-state index contributed by atoms with van der Waals surface area (Å²) in [4.78, 5) is 0. The first-order valence-electron chi connectivity index (χ1n) is 3.93. The molecule has 1 heterocycles. The van der Waals surface area contributed by atoms with Crippen LogP contribution in [-0.4, -0.2) is 23.9 Å². The average molecular weight is 179 g/mol. The highest BCUT2D eigenvalue weighted by Crippen LogP contribution is 2.27. The molecule has 2 nitrogen and oxygen atoms in total. The lowest BCUT2D eigenvalue weighted by Crippen LogP contribution is -2.43. The number of halogens is 1. The second kappa shape index (κ2) is 3.30. The fourth-order valence-electron chi connectivity index (χ4n) is 1.50. The van der Waals surface area contributed by atoms with Crippen LogP contribution in [0.15, 0.2) is 0 Å². The van der Waals surface area contributed by atoms with Gasteiger partial charge in [-0.15, -0.1) is 11.6 Å². The SMILES string of the molecule is CC1CC(C)(C)OC(CCl)O1. The molecule has 0 bridgehead atoms. The minimum Gasteiger partial charge on any atom is -0.348 e. The lowest BCUT2D eigenvalue weighted by Gasteiger charge is -2.38. The maximum absolute atomic E-state index is 5.62. The fraction of sp³-hybridized carbons (Fsp3) is 1.00. The van der Waals surface area contributed by atoms with Crippen molar-refractivity contribution in [1.29, 1.82) is 0 Å². The summed E-state index contributed by atoms with van der Waals surface area (Å²) >= 11 is 5.62. The maximum Gasteiger partial charge on any atom is 0.172 e. The van der Waals surface area contributed by atoms with E-state index in [4.69, 9.17) is 21.1 Å². The smallest absolute Gasteiger partial charge is 0.172 e. The van der Waals surface area contributed by atoms with E-state index < -0.39 is 0 Å². The summed E-state index contributed by atoms with van der Waals surface area (Å²) in [5.74, 6) is 0.410. The third-order valence-electron chi connectivity index (χ3n) is 1.74. The Labute approximate surface area is 72.8 Å². The van der Waals surface area contributed by atoms with Crippen LogP contribution in [-0.2, 0) is 9.47 Å². The Balaban J connectivity index is 2.51. The molecule has 0 amide bonds. The summed E-state index contributed by atoms with van der Waals surface area (Å²) < 4.78 is 11.0. The second-order valence-electron chi connectivity index (χ2n) is 3.61. The van der Waals surface area contributed by atoms with Crippen LogP contribution in [0.5, 0.6) is 0 Å². The van der Waals surface area contributed by atoms with Crippen LogP contribution in [0.1, 0.15) is 27.2 Å². The molecule has 1 saturated heterocycles. The van der Waals surface area contributed by atoms with Crippen LogP contribution in [0.4, 0.5) is 0 Å². The Hall–Kier alpha value is 0.210. The molecule has 2 unspecified atom stereocenters. The molecule has 0 aliphatic carbocycles. The first-order chi connectivity index (χ1) is 5.03. The molecule has 66 valence electrons. The zero-order valence-electron chi connectivity index (χ0n) is 7.26. The van der Waals surface area contributed by atoms with Crippen molar-refractivity contribution in [1.82, 2.24) is 0 Å². The van der Waals surface area contributed by atoms with Gasteiger partial charge in [-0.1, -0.05) is 0 Å². The van der Waals surface area contributed by atoms with Crippen LogP contribution < -0.4 is 0 Å². The summed E-state index contributed by atoms with van der Waals surface area (Å²) in [5, 5.41) is 0. The molecule has 0 aromatic carbocycles. The van der Waals surface area contributed by atoms with Gasteiger partial charge >= 0.3 is 0 Å². The molecule has 1 aliphatic rings. The van der Waals surface area contributed by atoms with Crippen LogP contribution in [0.3, 0.4) is 0 Å². The van der Waals surface area contributed by atoms with Gasteiger partial charge in [0.15, 0.2) is 6.29 Å². The Morgan fingerprint density at radius 2 is 2.18 bits per heavy atom. The van der Waals surface area contributed by atoms with Crippen molar-refractivity contribution in [2.45, 2.75) is 45.2 Å². The van der Waals surface area contributed by atoms with E-state index >= 15 is 0 Å². The zero-order valence-corrected chi connectivity index (χ0v) is 8.02. The molecule has 0 aromatic heterocycles. The maximum atomic E-state index is 5.62. The Morgan fingerprint density at radius 1 is 1.55 bits per heavy atom. The van der Waals surface area contributed by atoms with Gasteiger partial charge in [0.2, 0.25) is 0 Å². The summed E-state index contributed by atoms with van der Waals surface area (Å²) in [6, 6.07) is 0. The molecule has 11 heavy (non-hydrogen) atoms. The van der Waals surface area contributed by atoms with Crippen LogP contribution in [0.2, 0.25) is 0 Å². The topological polar surface area (TPSA) is 18.5 Å². The normalized spacial score (nSPS) is 37.1. The number of ether oxygens (including phenoxy) is 2. The van der Waals surface area contributed by atoms with Gasteiger partial charge in [-0.2, -0.15) is 0 Å². The van der Waals surface area contributed by atoms with E-state index in [0.29, 0.717) is 5.88 Å². The molecule has 0 saturated carbocycles. The monoisotopic (exact) mass is 178 g/mol. The van der Waals surface area contributed by atoms with Gasteiger partial charge in [-0.05, 0) is 20.8 Å². The first-order valence-corrected chi connectivity index (χ1v) is 4.46. The van der Waals surface area contributed by atoms with E-state index in [-0.39, 0.29) is 18.0 Å². The van der Waals surface area contributed by atoms with E-state index in [1.54, 1.807) is 0 Å². The van der Waals surface area contributed by atoms with Gasteiger partial charge in [-0.3, -0.25) is 0 Å². The van der Waals surface area contributed by atoms with Crippen LogP contribution in [0.25, 0.3) is 0 Å². The van der Waals surface area contributed by atoms with E-state index in [9.17, 15) is 0 Å². The van der Waals surface area contributed by atoms with E-state index in [0.717, 1.165) is 6.42 Å². The molecule has 0 radical (unpaired) electrons. The molecule has 0 spiro atoms. The zero-order chi connectivity index (χ0) is 8.48. The lowest BCUT2D eigenvalue weighted by atomic mass is 10.0. The number of hydrogen-bond acceptors (Lipinski definition) is 2. The Morgan fingerprint density at radius 3 is 2.64 bits per heavy atom. The fourth-order valence-corrected chi connectivity index (χ4v) is 1.63. The number of alkyl halides is 1. The van der Waals surface area contributed by atoms with E-state index in [1.165, 1.54) is 0 Å². The van der Waals surface area contributed by atoms with Crippen molar-refractivity contribution in [3.8, 4) is 0 Å². The third-order valence-corrected chi connectivity index (χ3v) is 1.99. The molecule has 0 N–H and O–H groups in total. The molecular weight excluding hydrogens is 164 g/mol. The van der Waals surface area contributed by atoms with Crippen molar-refractivity contribution in [2.75, 3.05) is 5.88 Å². The lowest BCUT2D eigenvalue weighted by molar-refractivity contribution is -0.258. The van der Waals surface area contributed by atoms with Gasteiger partial charge in [0.1, 0.15) is 0 Å². The summed E-state index contributed by atoms with van der Waals surface area (Å²) in [6.07, 6.45) is 0.957. The van der Waals surface area contributed by atoms with Crippen molar-refractivity contribution in [3.05, 3.63) is 0 Å². The predicted molar refractivity (Wildman–Crippen MR) is 44.8 cm³/mol. The van der Waals surface area contributed by atoms with Crippen molar-refractivity contribution in [2.24, 2.45) is 0 Å². The highest BCUT2D eigenvalue weighted by molar-refractivity contribution is 6.18. The van der Waals surface area contributed by atoms with Gasteiger partial charge < -0.3 is 9.47 Å². The molecular formula is C8H15ClO2. The second-order valence-corrected chi connectivity index (χ2v) is 3.92. The Bertz CT molecular complexity index is 136. The minimum absolute atomic E-state index is 0.0861. The summed E-state index contributed by atoms with van der Waals surface area (Å²) in [7, 11) is 0. The minimum atomic E-state index is -0.226. The molecule has 1 fully saturated rings. The molecule has 0 aromatic rings. The standard InChI is InChI=1S/C8H15ClO2/c1-6-4-8(2,3)11-7(5-9)10-6/h6-7H,4-5H2,1-3H3. The van der Waals surface area contributed by atoms with Crippen LogP contribution in [0, 0.1) is 0 Å². The molecule has 1 rings (SSSR count). The largest absolute Gasteiger partial charge is 0.348 e. The summed E-state index contributed by atoms with van der Waals surface area (Å²) in [6.45, 7) is 6.17. The van der Waals surface area contributed by atoms with E-state index in [1.807, 2.05) is 6.92 Å². The van der Waals surface area contributed by atoms with E-state index in [2.05, 4.69) is 13.8 Å². The molecule has 1 aliphatic heterocycles. The van der Waals surface area contributed by atoms with Crippen LogP contribution >= 0.6 is 11.6 Å². The van der Waals surface area contributed by atoms with Crippen molar-refractivity contribution >= 4 is 11.6 Å². The number of rotatable bonds is 1. The van der Waals surface area contributed by atoms with Crippen molar-refractivity contribution in [3.63, 3.8) is 0 Å². The van der Waals surface area contributed by atoms with Gasteiger partial charge in [0, 0.05) is 6.42 Å². The molecule has 2 atom stereocenters. The van der Waals surface area contributed by atoms with Gasteiger partial charge in [-0.25, -0.2) is 0 Å². The number of hydrogen-bond donors (Lipinski definition) is 0. The average Bonchev–Trinajstić information content (AvgIpc) is 1.83.